The molecule has 2 aromatic carbocycles. The summed E-state index contributed by atoms with van der Waals surface area (Å²) in [6.07, 6.45) is 0.675. The van der Waals surface area contributed by atoms with E-state index in [-0.39, 0.29) is 10.6 Å². The van der Waals surface area contributed by atoms with Crippen molar-refractivity contribution in [1.29, 1.82) is 0 Å². The molecule has 0 aliphatic carbocycles. The molecular weight excluding hydrogens is 411 g/mol. The van der Waals surface area contributed by atoms with E-state index >= 15 is 0 Å². The van der Waals surface area contributed by atoms with Crippen molar-refractivity contribution in [2.24, 2.45) is 0 Å². The molecule has 0 amide bonds. The van der Waals surface area contributed by atoms with Gasteiger partial charge >= 0.3 is 0 Å². The molecule has 2 aromatic heterocycles. The van der Waals surface area contributed by atoms with E-state index in [1.807, 2.05) is 25.1 Å². The second kappa shape index (κ2) is 7.09. The molecule has 1 aliphatic heterocycles. The molecule has 3 heterocycles. The lowest BCUT2D eigenvalue weighted by Gasteiger charge is -2.26. The highest BCUT2D eigenvalue weighted by atomic mass is 35.5. The number of nitrogens with one attached hydrogen (secondary N) is 1. The van der Waals surface area contributed by atoms with Crippen LogP contribution in [0.1, 0.15) is 21.8 Å². The van der Waals surface area contributed by atoms with Crippen molar-refractivity contribution in [3.8, 4) is 5.69 Å². The van der Waals surface area contributed by atoms with Crippen molar-refractivity contribution in [1.82, 2.24) is 19.7 Å². The number of nitrogens with zero attached hydrogens (tertiary/aromatic N) is 3. The van der Waals surface area contributed by atoms with E-state index in [1.54, 1.807) is 28.2 Å². The summed E-state index contributed by atoms with van der Waals surface area (Å²) >= 11 is 7.52. The van der Waals surface area contributed by atoms with E-state index in [4.69, 9.17) is 11.6 Å². The van der Waals surface area contributed by atoms with Crippen molar-refractivity contribution in [2.45, 2.75) is 26.4 Å². The Balaban J connectivity index is 1.43. The summed E-state index contributed by atoms with van der Waals surface area (Å²) in [6.45, 7) is 4.03. The van der Waals surface area contributed by atoms with E-state index in [0.717, 1.165) is 44.3 Å². The second-order valence-electron chi connectivity index (χ2n) is 7.30. The Kier molecular flexibility index (Phi) is 4.53. The van der Waals surface area contributed by atoms with Crippen molar-refractivity contribution >= 4 is 33.2 Å². The number of fused-ring (bicyclic) bond motifs is 2. The summed E-state index contributed by atoms with van der Waals surface area (Å²) in [4.78, 5) is 19.6. The fourth-order valence-corrected chi connectivity index (χ4v) is 4.92. The van der Waals surface area contributed by atoms with Gasteiger partial charge in [-0.05, 0) is 49.2 Å². The van der Waals surface area contributed by atoms with Gasteiger partial charge in [0, 0.05) is 25.2 Å². The van der Waals surface area contributed by atoms with Crippen molar-refractivity contribution in [2.75, 3.05) is 6.54 Å². The zero-order valence-corrected chi connectivity index (χ0v) is 17.3. The van der Waals surface area contributed by atoms with Crippen LogP contribution in [0.25, 0.3) is 15.9 Å². The van der Waals surface area contributed by atoms with E-state index in [2.05, 4.69) is 15.0 Å². The lowest BCUT2D eigenvalue weighted by molar-refractivity contribution is 0.242. The maximum absolute atomic E-state index is 13.4. The number of hydrogen-bond acceptors (Lipinski definition) is 4. The zero-order valence-electron chi connectivity index (χ0n) is 15.7. The lowest BCUT2D eigenvalue weighted by Crippen LogP contribution is -2.31. The number of benzene rings is 2. The molecule has 5 rings (SSSR count). The molecule has 8 heteroatoms. The Labute approximate surface area is 175 Å². The van der Waals surface area contributed by atoms with Gasteiger partial charge in [0.25, 0.3) is 5.56 Å². The van der Waals surface area contributed by atoms with Crippen LogP contribution in [0.5, 0.6) is 0 Å². The van der Waals surface area contributed by atoms with Gasteiger partial charge in [0.2, 0.25) is 0 Å². The first-order valence-electron chi connectivity index (χ1n) is 9.34. The van der Waals surface area contributed by atoms with Gasteiger partial charge in [0.1, 0.15) is 5.82 Å². The average molecular weight is 429 g/mol. The third-order valence-electron chi connectivity index (χ3n) is 5.26. The number of hydrogen-bond donors (Lipinski definition) is 1. The molecular formula is C21H18ClFN4OS. The molecule has 0 saturated heterocycles. The molecule has 148 valence electrons. The molecule has 0 radical (unpaired) electrons. The third kappa shape index (κ3) is 3.39. The van der Waals surface area contributed by atoms with Crippen LogP contribution in [0, 0.1) is 12.7 Å². The lowest BCUT2D eigenvalue weighted by atomic mass is 10.1. The summed E-state index contributed by atoms with van der Waals surface area (Å²) in [7, 11) is 0. The molecule has 1 N–H and O–H groups in total. The van der Waals surface area contributed by atoms with Crippen LogP contribution in [0.3, 0.4) is 0 Å². The van der Waals surface area contributed by atoms with Gasteiger partial charge in [-0.3, -0.25) is 14.8 Å². The smallest absolute Gasteiger partial charge is 0.274 e. The SMILES string of the molecule is Cc1nc2ccc(-n3[nH]c4c(c3=O)CCN(Cc3ccc(F)c(Cl)c3)C4)cc2s1. The Morgan fingerprint density at radius 1 is 1.28 bits per heavy atom. The van der Waals surface area contributed by atoms with Gasteiger partial charge in [-0.2, -0.15) is 0 Å². The normalized spacial score (nSPS) is 14.4. The number of aromatic amines is 1. The molecule has 29 heavy (non-hydrogen) atoms. The van der Waals surface area contributed by atoms with E-state index in [1.165, 1.54) is 6.07 Å². The summed E-state index contributed by atoms with van der Waals surface area (Å²) in [5.41, 5.74) is 4.48. The van der Waals surface area contributed by atoms with E-state index in [9.17, 15) is 9.18 Å². The van der Waals surface area contributed by atoms with Crippen molar-refractivity contribution in [3.05, 3.63) is 79.4 Å². The summed E-state index contributed by atoms with van der Waals surface area (Å²) in [5.74, 6) is -0.411. The highest BCUT2D eigenvalue weighted by molar-refractivity contribution is 7.18. The predicted octanol–water partition coefficient (Wildman–Crippen LogP) is 4.43. The van der Waals surface area contributed by atoms with Gasteiger partial charge in [-0.25, -0.2) is 14.1 Å². The molecule has 0 saturated carbocycles. The van der Waals surface area contributed by atoms with Gasteiger partial charge in [-0.1, -0.05) is 17.7 Å². The number of aryl methyl sites for hydroxylation is 1. The van der Waals surface area contributed by atoms with Crippen molar-refractivity contribution in [3.63, 3.8) is 0 Å². The minimum absolute atomic E-state index is 0.00469. The summed E-state index contributed by atoms with van der Waals surface area (Å²) in [5, 5.41) is 4.43. The van der Waals surface area contributed by atoms with Crippen LogP contribution >= 0.6 is 22.9 Å². The van der Waals surface area contributed by atoms with Gasteiger partial charge in [0.05, 0.1) is 31.6 Å². The minimum atomic E-state index is -0.411. The van der Waals surface area contributed by atoms with Gasteiger partial charge in [0.15, 0.2) is 0 Å². The fourth-order valence-electron chi connectivity index (χ4n) is 3.86. The number of thiazole rings is 1. The molecule has 1 aliphatic rings. The molecule has 4 aromatic rings. The molecule has 5 nitrogen and oxygen atoms in total. The number of rotatable bonds is 3. The van der Waals surface area contributed by atoms with Gasteiger partial charge in [-0.15, -0.1) is 11.3 Å². The fraction of sp³-hybridized carbons (Fsp3) is 0.238. The number of H-pyrrole nitrogens is 1. The first-order valence-corrected chi connectivity index (χ1v) is 10.5. The van der Waals surface area contributed by atoms with E-state index in [0.29, 0.717) is 19.5 Å². The Bertz CT molecular complexity index is 1290. The largest absolute Gasteiger partial charge is 0.293 e. The van der Waals surface area contributed by atoms with Crippen molar-refractivity contribution < 1.29 is 4.39 Å². The standard InChI is InChI=1S/C21H18ClFN4OS/c1-12-24-18-5-3-14(9-20(18)29-12)27-21(28)15-6-7-26(11-19(15)25-27)10-13-2-4-17(23)16(22)8-13/h2-5,8-9,25H,6-7,10-11H2,1H3. The molecule has 0 atom stereocenters. The van der Waals surface area contributed by atoms with Gasteiger partial charge < -0.3 is 0 Å². The van der Waals surface area contributed by atoms with Crippen LogP contribution in [-0.2, 0) is 19.5 Å². The highest BCUT2D eigenvalue weighted by Crippen LogP contribution is 2.25. The predicted molar refractivity (Wildman–Crippen MR) is 114 cm³/mol. The Morgan fingerprint density at radius 3 is 2.97 bits per heavy atom. The maximum Gasteiger partial charge on any atom is 0.274 e. The molecule has 0 fully saturated rings. The van der Waals surface area contributed by atoms with E-state index < -0.39 is 5.82 Å². The topological polar surface area (TPSA) is 53.9 Å². The molecule has 0 bridgehead atoms. The van der Waals surface area contributed by atoms with Crippen LogP contribution in [-0.4, -0.2) is 26.2 Å². The summed E-state index contributed by atoms with van der Waals surface area (Å²) in [6, 6.07) is 10.7. The van der Waals surface area contributed by atoms with Crippen LogP contribution < -0.4 is 5.56 Å². The molecule has 0 spiro atoms. The number of halogens is 2. The second-order valence-corrected chi connectivity index (χ2v) is 8.95. The third-order valence-corrected chi connectivity index (χ3v) is 6.48. The Morgan fingerprint density at radius 2 is 2.14 bits per heavy atom. The Hall–Kier alpha value is -2.48. The first-order chi connectivity index (χ1) is 14.0. The minimum Gasteiger partial charge on any atom is -0.293 e. The van der Waals surface area contributed by atoms with Crippen LogP contribution in [0.2, 0.25) is 5.02 Å². The average Bonchev–Trinajstić information content (AvgIpc) is 3.23. The highest BCUT2D eigenvalue weighted by Gasteiger charge is 2.23. The monoisotopic (exact) mass is 428 g/mol. The number of aromatic nitrogens is 3. The zero-order chi connectivity index (χ0) is 20.1. The molecule has 0 unspecified atom stereocenters. The quantitative estimate of drug-likeness (QED) is 0.525. The van der Waals surface area contributed by atoms with Crippen LogP contribution in [0.15, 0.2) is 41.2 Å². The van der Waals surface area contributed by atoms with Crippen LogP contribution in [0.4, 0.5) is 4.39 Å². The summed E-state index contributed by atoms with van der Waals surface area (Å²) < 4.78 is 16.1. The maximum atomic E-state index is 13.4. The first kappa shape index (κ1) is 18.5.